The van der Waals surface area contributed by atoms with Crippen LogP contribution in [0.5, 0.6) is 5.75 Å². The highest BCUT2D eigenvalue weighted by Gasteiger charge is 2.37. The summed E-state index contributed by atoms with van der Waals surface area (Å²) >= 11 is 0. The minimum atomic E-state index is -3.79. The predicted octanol–water partition coefficient (Wildman–Crippen LogP) is 4.60. The molecule has 0 aliphatic carbocycles. The second-order valence-corrected chi connectivity index (χ2v) is 10.6. The van der Waals surface area contributed by atoms with Crippen LogP contribution in [0.2, 0.25) is 0 Å². The molecule has 7 nitrogen and oxygen atoms in total. The van der Waals surface area contributed by atoms with E-state index in [2.05, 4.69) is 9.97 Å². The molecule has 3 aromatic rings. The first kappa shape index (κ1) is 25.8. The van der Waals surface area contributed by atoms with Crippen LogP contribution in [0.25, 0.3) is 0 Å². The first-order chi connectivity index (χ1) is 16.2. The van der Waals surface area contributed by atoms with E-state index in [1.165, 1.54) is 4.31 Å². The minimum absolute atomic E-state index is 0.225. The fourth-order valence-electron chi connectivity index (χ4n) is 3.65. The quantitative estimate of drug-likeness (QED) is 0.396. The van der Waals surface area contributed by atoms with Crippen LogP contribution in [0, 0.1) is 13.8 Å². The normalized spacial score (nSPS) is 13.6. The summed E-state index contributed by atoms with van der Waals surface area (Å²) in [7, 11) is -2.19. The van der Waals surface area contributed by atoms with Crippen molar-refractivity contribution in [1.82, 2.24) is 14.3 Å². The summed E-state index contributed by atoms with van der Waals surface area (Å²) in [5.74, 6) is 0.722. The smallest absolute Gasteiger partial charge is 0.220 e. The van der Waals surface area contributed by atoms with Crippen molar-refractivity contribution in [3.63, 3.8) is 0 Å². The highest BCUT2D eigenvalue weighted by Crippen LogP contribution is 2.29. The zero-order chi connectivity index (χ0) is 24.7. The van der Waals surface area contributed by atoms with Crippen molar-refractivity contribution in [2.24, 2.45) is 0 Å². The lowest BCUT2D eigenvalue weighted by Crippen LogP contribution is -2.40. The number of aryl methyl sites for hydroxylation is 2. The lowest BCUT2D eigenvalue weighted by atomic mass is 10.1. The number of hydrogen-bond acceptors (Lipinski definition) is 6. The summed E-state index contributed by atoms with van der Waals surface area (Å²) in [6, 6.07) is 15.3. The highest BCUT2D eigenvalue weighted by molar-refractivity contribution is 7.89. The van der Waals surface area contributed by atoms with E-state index in [9.17, 15) is 8.42 Å². The van der Waals surface area contributed by atoms with E-state index in [0.29, 0.717) is 12.3 Å². The zero-order valence-corrected chi connectivity index (χ0v) is 21.2. The zero-order valence-electron chi connectivity index (χ0n) is 20.4. The van der Waals surface area contributed by atoms with Crippen LogP contribution in [-0.4, -0.2) is 41.7 Å². The van der Waals surface area contributed by atoms with Crippen LogP contribution in [-0.2, 0) is 27.8 Å². The molecule has 0 fully saturated rings. The average molecular weight is 484 g/mol. The average Bonchev–Trinajstić information content (AvgIpc) is 2.84. The fraction of sp³-hybridized carbons (Fsp3) is 0.385. The van der Waals surface area contributed by atoms with E-state index in [4.69, 9.17) is 9.47 Å². The Labute approximate surface area is 202 Å². The van der Waals surface area contributed by atoms with Crippen LogP contribution < -0.4 is 4.74 Å². The van der Waals surface area contributed by atoms with Crippen molar-refractivity contribution in [2.45, 2.75) is 52.1 Å². The first-order valence-corrected chi connectivity index (χ1v) is 12.8. The van der Waals surface area contributed by atoms with E-state index in [0.717, 1.165) is 28.1 Å². The van der Waals surface area contributed by atoms with Crippen LogP contribution in [0.1, 0.15) is 48.0 Å². The third-order valence-corrected chi connectivity index (χ3v) is 7.86. The molecule has 0 bridgehead atoms. The number of benzene rings is 2. The van der Waals surface area contributed by atoms with Crippen LogP contribution in [0.3, 0.4) is 0 Å². The molecule has 182 valence electrons. The maximum absolute atomic E-state index is 14.0. The Hall–Kier alpha value is -2.81. The molecule has 8 heteroatoms. The maximum Gasteiger partial charge on any atom is 0.220 e. The molecule has 1 heterocycles. The van der Waals surface area contributed by atoms with Crippen molar-refractivity contribution in [1.29, 1.82) is 0 Å². The summed E-state index contributed by atoms with van der Waals surface area (Å²) in [4.78, 5) is 8.69. The Bertz CT molecular complexity index is 1150. The van der Waals surface area contributed by atoms with Gasteiger partial charge in [-0.3, -0.25) is 9.97 Å². The highest BCUT2D eigenvalue weighted by atomic mass is 32.2. The summed E-state index contributed by atoms with van der Waals surface area (Å²) in [6.07, 6.45) is 2.48. The van der Waals surface area contributed by atoms with E-state index in [-0.39, 0.29) is 13.1 Å². The fourth-order valence-corrected chi connectivity index (χ4v) is 5.31. The number of methoxy groups -OCH3 is 1. The summed E-state index contributed by atoms with van der Waals surface area (Å²) in [5, 5.41) is -0.867. The largest absolute Gasteiger partial charge is 0.497 e. The molecular formula is C26H33N3O4S. The summed E-state index contributed by atoms with van der Waals surface area (Å²) in [5.41, 5.74) is 4.17. The number of sulfonamides is 1. The Morgan fingerprint density at radius 3 is 2.00 bits per heavy atom. The Morgan fingerprint density at radius 1 is 0.912 bits per heavy atom. The second-order valence-electron chi connectivity index (χ2n) is 8.31. The molecule has 34 heavy (non-hydrogen) atoms. The van der Waals surface area contributed by atoms with Gasteiger partial charge in [-0.05, 0) is 51.0 Å². The monoisotopic (exact) mass is 483 g/mol. The van der Waals surface area contributed by atoms with Crippen LogP contribution in [0.4, 0.5) is 0 Å². The molecular weight excluding hydrogens is 450 g/mol. The lowest BCUT2D eigenvalue weighted by Gasteiger charge is -2.30. The van der Waals surface area contributed by atoms with Gasteiger partial charge >= 0.3 is 0 Å². The minimum Gasteiger partial charge on any atom is -0.497 e. The molecule has 0 unspecified atom stereocenters. The van der Waals surface area contributed by atoms with Crippen molar-refractivity contribution < 1.29 is 17.9 Å². The van der Waals surface area contributed by atoms with Crippen LogP contribution >= 0.6 is 0 Å². The Balaban J connectivity index is 1.96. The molecule has 0 N–H and O–H groups in total. The number of ether oxygens (including phenoxy) is 2. The van der Waals surface area contributed by atoms with Crippen molar-refractivity contribution in [3.8, 4) is 5.75 Å². The first-order valence-electron chi connectivity index (χ1n) is 11.3. The standard InChI is InChI=1S/C26H33N3O4S/c1-6-33-26(25-16-27-20(3)15-28-25)21(4)34(30,31)29(17-22-9-7-19(2)8-10-22)18-23-11-13-24(32-5)14-12-23/h7-16,21,26H,6,17-18H2,1-5H3/t21-,26-/m0/s1. The lowest BCUT2D eigenvalue weighted by molar-refractivity contribution is 0.0573. The topological polar surface area (TPSA) is 81.6 Å². The van der Waals surface area contributed by atoms with Crippen LogP contribution in [0.15, 0.2) is 60.9 Å². The number of rotatable bonds is 11. The Kier molecular flexibility index (Phi) is 8.77. The van der Waals surface area contributed by atoms with Crippen molar-refractivity contribution >= 4 is 10.0 Å². The van der Waals surface area contributed by atoms with Gasteiger partial charge in [0.2, 0.25) is 10.0 Å². The number of hydrogen-bond donors (Lipinski definition) is 0. The van der Waals surface area contributed by atoms with Gasteiger partial charge in [0.05, 0.1) is 24.7 Å². The summed E-state index contributed by atoms with van der Waals surface area (Å²) in [6.45, 7) is 8.19. The van der Waals surface area contributed by atoms with Crippen molar-refractivity contribution in [2.75, 3.05) is 13.7 Å². The van der Waals surface area contributed by atoms with Gasteiger partial charge in [0.25, 0.3) is 0 Å². The molecule has 0 aliphatic rings. The molecule has 2 atom stereocenters. The second kappa shape index (κ2) is 11.6. The predicted molar refractivity (Wildman–Crippen MR) is 133 cm³/mol. The Morgan fingerprint density at radius 2 is 1.50 bits per heavy atom. The van der Waals surface area contributed by atoms with E-state index in [1.807, 2.05) is 69.3 Å². The summed E-state index contributed by atoms with van der Waals surface area (Å²) < 4.78 is 40.6. The maximum atomic E-state index is 14.0. The SMILES string of the molecule is CCO[C@H](c1cnc(C)cn1)[C@H](C)S(=O)(=O)N(Cc1ccc(C)cc1)Cc1ccc(OC)cc1. The third-order valence-electron chi connectivity index (χ3n) is 5.69. The molecule has 0 amide bonds. The third kappa shape index (κ3) is 6.40. The van der Waals surface area contributed by atoms with Gasteiger partial charge in [0.15, 0.2) is 0 Å². The number of aromatic nitrogens is 2. The van der Waals surface area contributed by atoms with E-state index >= 15 is 0 Å². The molecule has 0 radical (unpaired) electrons. The van der Waals surface area contributed by atoms with Gasteiger partial charge in [-0.1, -0.05) is 42.0 Å². The molecule has 2 aromatic carbocycles. The molecule has 0 spiro atoms. The molecule has 1 aromatic heterocycles. The van der Waals surface area contributed by atoms with Gasteiger partial charge in [-0.2, -0.15) is 4.31 Å². The molecule has 0 saturated carbocycles. The molecule has 0 aliphatic heterocycles. The van der Waals surface area contributed by atoms with Gasteiger partial charge < -0.3 is 9.47 Å². The number of nitrogens with zero attached hydrogens (tertiary/aromatic N) is 3. The van der Waals surface area contributed by atoms with E-state index in [1.54, 1.807) is 26.4 Å². The molecule has 0 saturated heterocycles. The van der Waals surface area contributed by atoms with Crippen molar-refractivity contribution in [3.05, 3.63) is 89.0 Å². The van der Waals surface area contributed by atoms with Gasteiger partial charge in [0, 0.05) is 25.9 Å². The van der Waals surface area contributed by atoms with Gasteiger partial charge in [-0.15, -0.1) is 0 Å². The molecule has 3 rings (SSSR count). The van der Waals surface area contributed by atoms with Gasteiger partial charge in [0.1, 0.15) is 17.1 Å². The van der Waals surface area contributed by atoms with Gasteiger partial charge in [-0.25, -0.2) is 8.42 Å². The van der Waals surface area contributed by atoms with E-state index < -0.39 is 21.4 Å².